The van der Waals surface area contributed by atoms with Crippen molar-refractivity contribution in [3.63, 3.8) is 0 Å². The van der Waals surface area contributed by atoms with Crippen LogP contribution in [0.4, 0.5) is 0 Å². The van der Waals surface area contributed by atoms with Gasteiger partial charge >= 0.3 is 0 Å². The number of nitrogens with one attached hydrogen (secondary N) is 2. The lowest BCUT2D eigenvalue weighted by Gasteiger charge is -2.11. The van der Waals surface area contributed by atoms with Crippen molar-refractivity contribution in [1.82, 2.24) is 25.4 Å². The van der Waals surface area contributed by atoms with E-state index in [1.165, 1.54) is 5.01 Å². The summed E-state index contributed by atoms with van der Waals surface area (Å²) in [5.74, 6) is 1.24. The van der Waals surface area contributed by atoms with Crippen LogP contribution in [0.2, 0.25) is 0 Å². The number of thiazole rings is 1. The molecule has 0 saturated heterocycles. The number of aromatic nitrogens is 3. The van der Waals surface area contributed by atoms with Gasteiger partial charge in [0, 0.05) is 31.6 Å². The highest BCUT2D eigenvalue weighted by atomic mass is 32.1. The Bertz CT molecular complexity index is 598. The maximum Gasteiger partial charge on any atom is 0.191 e. The molecule has 0 aromatic carbocycles. The Balaban J connectivity index is 1.83. The van der Waals surface area contributed by atoms with E-state index in [1.54, 1.807) is 24.6 Å². The van der Waals surface area contributed by atoms with Crippen molar-refractivity contribution in [3.8, 4) is 0 Å². The average Bonchev–Trinajstić information content (AvgIpc) is 3.08. The van der Waals surface area contributed by atoms with Crippen LogP contribution in [0.3, 0.4) is 0 Å². The zero-order valence-electron chi connectivity index (χ0n) is 12.9. The van der Waals surface area contributed by atoms with Crippen molar-refractivity contribution in [2.45, 2.75) is 32.9 Å². The number of nitrogens with zero attached hydrogens (tertiary/aromatic N) is 4. The standard InChI is InChI=1S/C14H22N6S/c1-10(2)13-19-11(9-21-13)7-16-14(15-3)17-8-12-5-6-18-20(12)4/h5-6,9-10H,7-8H2,1-4H3,(H2,15,16,17). The second kappa shape index (κ2) is 7.21. The molecule has 0 unspecified atom stereocenters. The van der Waals surface area contributed by atoms with Gasteiger partial charge in [-0.15, -0.1) is 11.3 Å². The smallest absolute Gasteiger partial charge is 0.191 e. The number of aryl methyl sites for hydroxylation is 1. The molecule has 0 aliphatic rings. The number of rotatable bonds is 5. The second-order valence-electron chi connectivity index (χ2n) is 5.06. The first-order chi connectivity index (χ1) is 10.1. The molecular weight excluding hydrogens is 284 g/mol. The predicted octanol–water partition coefficient (Wildman–Crippen LogP) is 1.87. The van der Waals surface area contributed by atoms with Gasteiger partial charge in [0.1, 0.15) is 0 Å². The third kappa shape index (κ3) is 4.29. The van der Waals surface area contributed by atoms with Crippen LogP contribution >= 0.6 is 11.3 Å². The van der Waals surface area contributed by atoms with Crippen LogP contribution in [0.1, 0.15) is 36.2 Å². The molecule has 0 aliphatic heterocycles. The Morgan fingerprint density at radius 3 is 2.71 bits per heavy atom. The highest BCUT2D eigenvalue weighted by Gasteiger charge is 2.06. The molecule has 2 rings (SSSR count). The average molecular weight is 306 g/mol. The summed E-state index contributed by atoms with van der Waals surface area (Å²) in [7, 11) is 3.69. The first-order valence-corrected chi connectivity index (χ1v) is 7.83. The lowest BCUT2D eigenvalue weighted by Crippen LogP contribution is -2.36. The van der Waals surface area contributed by atoms with Crippen LogP contribution in [0.25, 0.3) is 0 Å². The van der Waals surface area contributed by atoms with E-state index in [-0.39, 0.29) is 0 Å². The lowest BCUT2D eigenvalue weighted by atomic mass is 10.2. The van der Waals surface area contributed by atoms with Crippen molar-refractivity contribution in [3.05, 3.63) is 34.0 Å². The predicted molar refractivity (Wildman–Crippen MR) is 86.4 cm³/mol. The van der Waals surface area contributed by atoms with Crippen molar-refractivity contribution in [1.29, 1.82) is 0 Å². The zero-order chi connectivity index (χ0) is 15.2. The molecule has 2 N–H and O–H groups in total. The molecule has 0 aliphatic carbocycles. The van der Waals surface area contributed by atoms with Crippen LogP contribution < -0.4 is 10.6 Å². The molecule has 7 heteroatoms. The van der Waals surface area contributed by atoms with E-state index >= 15 is 0 Å². The largest absolute Gasteiger partial charge is 0.351 e. The molecule has 0 atom stereocenters. The van der Waals surface area contributed by atoms with Crippen LogP contribution in [0.5, 0.6) is 0 Å². The fraction of sp³-hybridized carbons (Fsp3) is 0.500. The highest BCUT2D eigenvalue weighted by Crippen LogP contribution is 2.18. The Morgan fingerprint density at radius 2 is 2.14 bits per heavy atom. The number of hydrogen-bond acceptors (Lipinski definition) is 4. The number of guanidine groups is 1. The minimum Gasteiger partial charge on any atom is -0.351 e. The Labute approximate surface area is 129 Å². The van der Waals surface area contributed by atoms with Gasteiger partial charge in [-0.2, -0.15) is 5.10 Å². The first-order valence-electron chi connectivity index (χ1n) is 6.96. The second-order valence-corrected chi connectivity index (χ2v) is 5.95. The van der Waals surface area contributed by atoms with E-state index in [2.05, 4.69) is 44.9 Å². The van der Waals surface area contributed by atoms with Gasteiger partial charge in [0.2, 0.25) is 0 Å². The van der Waals surface area contributed by atoms with E-state index in [4.69, 9.17) is 0 Å². The van der Waals surface area contributed by atoms with Gasteiger partial charge in [-0.1, -0.05) is 13.8 Å². The third-order valence-electron chi connectivity index (χ3n) is 3.08. The SMILES string of the molecule is CN=C(NCc1csc(C(C)C)n1)NCc1ccnn1C. The van der Waals surface area contributed by atoms with Gasteiger partial charge in [0.15, 0.2) is 5.96 Å². The normalized spacial score (nSPS) is 12.0. The molecule has 21 heavy (non-hydrogen) atoms. The van der Waals surface area contributed by atoms with Crippen molar-refractivity contribution < 1.29 is 0 Å². The van der Waals surface area contributed by atoms with Gasteiger partial charge in [0.25, 0.3) is 0 Å². The van der Waals surface area contributed by atoms with Crippen LogP contribution in [-0.2, 0) is 20.1 Å². The topological polar surface area (TPSA) is 67.1 Å². The molecule has 0 fully saturated rings. The number of hydrogen-bond donors (Lipinski definition) is 2. The van der Waals surface area contributed by atoms with Gasteiger partial charge < -0.3 is 10.6 Å². The molecule has 0 bridgehead atoms. The van der Waals surface area contributed by atoms with Gasteiger partial charge in [-0.25, -0.2) is 4.98 Å². The van der Waals surface area contributed by atoms with Crippen LogP contribution in [-0.4, -0.2) is 27.8 Å². The van der Waals surface area contributed by atoms with Crippen LogP contribution in [0, 0.1) is 0 Å². The summed E-state index contributed by atoms with van der Waals surface area (Å²) >= 11 is 1.71. The fourth-order valence-electron chi connectivity index (χ4n) is 1.81. The first kappa shape index (κ1) is 15.5. The number of aliphatic imine (C=N–C) groups is 1. The molecule has 0 amide bonds. The van der Waals surface area contributed by atoms with Crippen molar-refractivity contribution >= 4 is 17.3 Å². The summed E-state index contributed by atoms with van der Waals surface area (Å²) in [6.07, 6.45) is 1.79. The summed E-state index contributed by atoms with van der Waals surface area (Å²) in [6.45, 7) is 5.67. The minimum absolute atomic E-state index is 0.478. The molecule has 2 aromatic heterocycles. The Kier molecular flexibility index (Phi) is 5.32. The highest BCUT2D eigenvalue weighted by molar-refractivity contribution is 7.09. The Hall–Kier alpha value is -1.89. The van der Waals surface area contributed by atoms with Crippen LogP contribution in [0.15, 0.2) is 22.6 Å². The molecule has 0 spiro atoms. The quantitative estimate of drug-likeness (QED) is 0.654. The molecule has 6 nitrogen and oxygen atoms in total. The molecular formula is C14H22N6S. The minimum atomic E-state index is 0.478. The van der Waals surface area contributed by atoms with Gasteiger partial charge in [-0.3, -0.25) is 9.67 Å². The summed E-state index contributed by atoms with van der Waals surface area (Å²) in [5.41, 5.74) is 2.15. The van der Waals surface area contributed by atoms with Gasteiger partial charge in [0.05, 0.1) is 29.5 Å². The fourth-order valence-corrected chi connectivity index (χ4v) is 2.65. The third-order valence-corrected chi connectivity index (χ3v) is 4.28. The monoisotopic (exact) mass is 306 g/mol. The molecule has 2 aromatic rings. The molecule has 114 valence electrons. The van der Waals surface area contributed by atoms with E-state index < -0.39 is 0 Å². The Morgan fingerprint density at radius 1 is 1.38 bits per heavy atom. The van der Waals surface area contributed by atoms with Gasteiger partial charge in [-0.05, 0) is 6.07 Å². The van der Waals surface area contributed by atoms with E-state index in [9.17, 15) is 0 Å². The summed E-state index contributed by atoms with van der Waals surface area (Å²) in [4.78, 5) is 8.81. The van der Waals surface area contributed by atoms with Crippen molar-refractivity contribution in [2.75, 3.05) is 7.05 Å². The van der Waals surface area contributed by atoms with E-state index in [0.29, 0.717) is 19.0 Å². The zero-order valence-corrected chi connectivity index (χ0v) is 13.7. The summed E-state index contributed by atoms with van der Waals surface area (Å²) < 4.78 is 1.84. The maximum atomic E-state index is 4.60. The molecule has 0 saturated carbocycles. The molecule has 0 radical (unpaired) electrons. The van der Waals surface area contributed by atoms with E-state index in [0.717, 1.165) is 17.3 Å². The summed E-state index contributed by atoms with van der Waals surface area (Å²) in [6, 6.07) is 1.98. The summed E-state index contributed by atoms with van der Waals surface area (Å²) in [5, 5.41) is 13.9. The van der Waals surface area contributed by atoms with Crippen molar-refractivity contribution in [2.24, 2.45) is 12.0 Å². The molecule has 2 heterocycles. The van der Waals surface area contributed by atoms with E-state index in [1.807, 2.05) is 17.8 Å². The lowest BCUT2D eigenvalue weighted by molar-refractivity contribution is 0.683. The maximum absolute atomic E-state index is 4.60.